The second-order valence-corrected chi connectivity index (χ2v) is 4.94. The molecule has 0 spiro atoms. The fourth-order valence-corrected chi connectivity index (χ4v) is 2.28. The summed E-state index contributed by atoms with van der Waals surface area (Å²) in [5, 5.41) is 9.17. The first-order valence-electron chi connectivity index (χ1n) is 6.19. The molecule has 0 amide bonds. The minimum atomic E-state index is -0.574. The second-order valence-electron chi connectivity index (χ2n) is 4.94. The molecule has 1 atom stereocenters. The maximum absolute atomic E-state index is 12.1. The van der Waals surface area contributed by atoms with Crippen molar-refractivity contribution in [2.75, 3.05) is 0 Å². The average molecular weight is 227 g/mol. The van der Waals surface area contributed by atoms with E-state index in [1.165, 1.54) is 6.42 Å². The summed E-state index contributed by atoms with van der Waals surface area (Å²) in [6.45, 7) is 1.98. The van der Waals surface area contributed by atoms with Crippen molar-refractivity contribution < 1.29 is 4.79 Å². The zero-order chi connectivity index (χ0) is 12.3. The molecule has 1 unspecified atom stereocenters. The van der Waals surface area contributed by atoms with Crippen LogP contribution in [0.15, 0.2) is 24.3 Å². The van der Waals surface area contributed by atoms with Gasteiger partial charge in [0.15, 0.2) is 5.78 Å². The third-order valence-corrected chi connectivity index (χ3v) is 3.54. The summed E-state index contributed by atoms with van der Waals surface area (Å²) < 4.78 is 0. The van der Waals surface area contributed by atoms with E-state index in [9.17, 15) is 10.1 Å². The first-order chi connectivity index (χ1) is 8.20. The van der Waals surface area contributed by atoms with Crippen LogP contribution in [0.25, 0.3) is 0 Å². The molecule has 0 aromatic heterocycles. The summed E-state index contributed by atoms with van der Waals surface area (Å²) >= 11 is 0. The maximum atomic E-state index is 12.1. The number of ketones is 1. The zero-order valence-corrected chi connectivity index (χ0v) is 10.1. The predicted molar refractivity (Wildman–Crippen MR) is 66.5 cm³/mol. The molecule has 0 N–H and O–H groups in total. The van der Waals surface area contributed by atoms with Crippen molar-refractivity contribution in [1.29, 1.82) is 5.26 Å². The van der Waals surface area contributed by atoms with Crippen molar-refractivity contribution in [3.8, 4) is 6.07 Å². The van der Waals surface area contributed by atoms with Gasteiger partial charge in [0, 0.05) is 6.42 Å². The standard InChI is InChI=1S/C15H17NO/c1-11-4-2-7-13(8-11)14(10-16)15(17)9-12-5-3-6-12/h2,4,7-8,12,14H,3,5-6,9H2,1H3. The number of carbonyl (C=O) groups excluding carboxylic acids is 1. The summed E-state index contributed by atoms with van der Waals surface area (Å²) in [4.78, 5) is 12.1. The largest absolute Gasteiger partial charge is 0.298 e. The van der Waals surface area contributed by atoms with E-state index in [2.05, 4.69) is 6.07 Å². The van der Waals surface area contributed by atoms with Gasteiger partial charge in [-0.05, 0) is 18.4 Å². The van der Waals surface area contributed by atoms with Gasteiger partial charge in [-0.2, -0.15) is 5.26 Å². The Balaban J connectivity index is 2.10. The number of hydrogen-bond acceptors (Lipinski definition) is 2. The lowest BCUT2D eigenvalue weighted by atomic mass is 9.79. The van der Waals surface area contributed by atoms with E-state index in [0.717, 1.165) is 24.0 Å². The van der Waals surface area contributed by atoms with Gasteiger partial charge in [0.25, 0.3) is 0 Å². The predicted octanol–water partition coefficient (Wildman–Crippen LogP) is 3.36. The Morgan fingerprint density at radius 3 is 2.82 bits per heavy atom. The van der Waals surface area contributed by atoms with E-state index >= 15 is 0 Å². The van der Waals surface area contributed by atoms with Gasteiger partial charge in [-0.25, -0.2) is 0 Å². The molecule has 1 aliphatic rings. The van der Waals surface area contributed by atoms with Gasteiger partial charge >= 0.3 is 0 Å². The molecule has 2 rings (SSSR count). The van der Waals surface area contributed by atoms with Crippen molar-refractivity contribution >= 4 is 5.78 Å². The van der Waals surface area contributed by atoms with Crippen molar-refractivity contribution in [2.45, 2.75) is 38.5 Å². The SMILES string of the molecule is Cc1cccc(C(C#N)C(=O)CC2CCC2)c1. The highest BCUT2D eigenvalue weighted by molar-refractivity contribution is 5.88. The molecule has 2 nitrogen and oxygen atoms in total. The number of Topliss-reactive ketones (excluding diaryl/α,β-unsaturated/α-hetero) is 1. The summed E-state index contributed by atoms with van der Waals surface area (Å²) in [6, 6.07) is 9.85. The molecule has 0 bridgehead atoms. The quantitative estimate of drug-likeness (QED) is 0.791. The number of nitriles is 1. The maximum Gasteiger partial charge on any atom is 0.154 e. The number of rotatable bonds is 4. The van der Waals surface area contributed by atoms with Crippen molar-refractivity contribution in [3.63, 3.8) is 0 Å². The van der Waals surface area contributed by atoms with Gasteiger partial charge in [0.05, 0.1) is 6.07 Å². The van der Waals surface area contributed by atoms with Crippen LogP contribution in [0, 0.1) is 24.2 Å². The van der Waals surface area contributed by atoms with Crippen molar-refractivity contribution in [3.05, 3.63) is 35.4 Å². The van der Waals surface area contributed by atoms with Crippen LogP contribution in [0.1, 0.15) is 42.7 Å². The van der Waals surface area contributed by atoms with Crippen LogP contribution in [0.5, 0.6) is 0 Å². The fraction of sp³-hybridized carbons (Fsp3) is 0.467. The number of hydrogen-bond donors (Lipinski definition) is 0. The number of carbonyl (C=O) groups is 1. The van der Waals surface area contributed by atoms with Gasteiger partial charge in [-0.1, -0.05) is 49.1 Å². The van der Waals surface area contributed by atoms with Crippen LogP contribution in [0.3, 0.4) is 0 Å². The molecule has 1 fully saturated rings. The monoisotopic (exact) mass is 227 g/mol. The average Bonchev–Trinajstić information content (AvgIpc) is 2.25. The van der Waals surface area contributed by atoms with Crippen LogP contribution in [0.2, 0.25) is 0 Å². The minimum absolute atomic E-state index is 0.0859. The van der Waals surface area contributed by atoms with E-state index in [1.807, 2.05) is 31.2 Å². The van der Waals surface area contributed by atoms with Crippen LogP contribution >= 0.6 is 0 Å². The number of nitrogens with zero attached hydrogens (tertiary/aromatic N) is 1. The molecule has 0 aliphatic heterocycles. The molecule has 1 aliphatic carbocycles. The molecular formula is C15H17NO. The number of aryl methyl sites for hydroxylation is 1. The van der Waals surface area contributed by atoms with E-state index in [-0.39, 0.29) is 5.78 Å². The van der Waals surface area contributed by atoms with Gasteiger partial charge in [0.2, 0.25) is 0 Å². The Morgan fingerprint density at radius 1 is 1.53 bits per heavy atom. The number of benzene rings is 1. The molecule has 88 valence electrons. The summed E-state index contributed by atoms with van der Waals surface area (Å²) in [7, 11) is 0. The summed E-state index contributed by atoms with van der Waals surface area (Å²) in [5.74, 6) is 0.0430. The van der Waals surface area contributed by atoms with Gasteiger partial charge in [-0.3, -0.25) is 4.79 Å². The molecular weight excluding hydrogens is 210 g/mol. The topological polar surface area (TPSA) is 40.9 Å². The van der Waals surface area contributed by atoms with Crippen LogP contribution in [-0.4, -0.2) is 5.78 Å². The normalized spacial score (nSPS) is 16.9. The minimum Gasteiger partial charge on any atom is -0.298 e. The Kier molecular flexibility index (Phi) is 3.58. The van der Waals surface area contributed by atoms with E-state index in [0.29, 0.717) is 12.3 Å². The van der Waals surface area contributed by atoms with E-state index < -0.39 is 5.92 Å². The Morgan fingerprint density at radius 2 is 2.29 bits per heavy atom. The Hall–Kier alpha value is -1.62. The molecule has 0 heterocycles. The highest BCUT2D eigenvalue weighted by atomic mass is 16.1. The second kappa shape index (κ2) is 5.14. The first-order valence-corrected chi connectivity index (χ1v) is 6.19. The fourth-order valence-electron chi connectivity index (χ4n) is 2.28. The third kappa shape index (κ3) is 2.74. The van der Waals surface area contributed by atoms with Crippen LogP contribution in [0.4, 0.5) is 0 Å². The summed E-state index contributed by atoms with van der Waals surface area (Å²) in [5.41, 5.74) is 1.94. The van der Waals surface area contributed by atoms with E-state index in [4.69, 9.17) is 0 Å². The van der Waals surface area contributed by atoms with Crippen molar-refractivity contribution in [1.82, 2.24) is 0 Å². The van der Waals surface area contributed by atoms with Crippen LogP contribution < -0.4 is 0 Å². The highest BCUT2D eigenvalue weighted by Crippen LogP contribution is 2.32. The lowest BCUT2D eigenvalue weighted by Crippen LogP contribution is -2.20. The molecule has 17 heavy (non-hydrogen) atoms. The molecule has 1 aromatic rings. The lowest BCUT2D eigenvalue weighted by molar-refractivity contribution is -0.120. The third-order valence-electron chi connectivity index (χ3n) is 3.54. The van der Waals surface area contributed by atoms with Gasteiger partial charge in [0.1, 0.15) is 5.92 Å². The van der Waals surface area contributed by atoms with Gasteiger partial charge < -0.3 is 0 Å². The molecule has 0 saturated heterocycles. The molecule has 0 radical (unpaired) electrons. The van der Waals surface area contributed by atoms with Crippen molar-refractivity contribution in [2.24, 2.45) is 5.92 Å². The lowest BCUT2D eigenvalue weighted by Gasteiger charge is -2.25. The Bertz CT molecular complexity index is 454. The first kappa shape index (κ1) is 11.9. The smallest absolute Gasteiger partial charge is 0.154 e. The summed E-state index contributed by atoms with van der Waals surface area (Å²) in [6.07, 6.45) is 4.11. The van der Waals surface area contributed by atoms with Crippen LogP contribution in [-0.2, 0) is 4.79 Å². The van der Waals surface area contributed by atoms with E-state index in [1.54, 1.807) is 0 Å². The Labute approximate surface area is 102 Å². The highest BCUT2D eigenvalue weighted by Gasteiger charge is 2.26. The van der Waals surface area contributed by atoms with Gasteiger partial charge in [-0.15, -0.1) is 0 Å². The molecule has 2 heteroatoms. The molecule has 1 saturated carbocycles. The zero-order valence-electron chi connectivity index (χ0n) is 10.1. The molecule has 1 aromatic carbocycles.